The van der Waals surface area contributed by atoms with E-state index in [1.54, 1.807) is 30.3 Å². The number of unbranched alkanes of at least 4 members (excludes halogenated alkanes) is 1. The molecule has 0 amide bonds. The van der Waals surface area contributed by atoms with Gasteiger partial charge >= 0.3 is 5.97 Å². The smallest absolute Gasteiger partial charge is 0.326 e. The molecule has 0 unspecified atom stereocenters. The van der Waals surface area contributed by atoms with Gasteiger partial charge in [-0.1, -0.05) is 43.7 Å². The van der Waals surface area contributed by atoms with Crippen LogP contribution in [0.3, 0.4) is 0 Å². The number of hydrogen-bond acceptors (Lipinski definition) is 3. The maximum Gasteiger partial charge on any atom is 0.326 e. The predicted octanol–water partition coefficient (Wildman–Crippen LogP) is 1.38. The van der Waals surface area contributed by atoms with E-state index in [1.807, 2.05) is 6.92 Å². The number of nitrogens with one attached hydrogen (secondary N) is 1. The molecule has 1 aromatic carbocycles. The van der Waals surface area contributed by atoms with Crippen LogP contribution in [0, 0.1) is 0 Å². The minimum atomic E-state index is -3.82. The van der Waals surface area contributed by atoms with Crippen LogP contribution < -0.4 is 4.72 Å². The van der Waals surface area contributed by atoms with Crippen LogP contribution in [0.1, 0.15) is 31.4 Å². The number of nitrogens with zero attached hydrogens (tertiary/aromatic N) is 1. The Kier molecular flexibility index (Phi) is 6.12. The highest BCUT2D eigenvalue weighted by Crippen LogP contribution is 2.15. The first kappa shape index (κ1) is 16.6. The number of carboxylic acids is 1. The maximum absolute atomic E-state index is 12.1. The summed E-state index contributed by atoms with van der Waals surface area (Å²) in [5.41, 5.74) is 0.396. The Morgan fingerprint density at radius 1 is 1.35 bits per heavy atom. The number of rotatable bonds is 8. The summed E-state index contributed by atoms with van der Waals surface area (Å²) in [6.45, 7) is 2.31. The molecule has 1 aromatic rings. The molecular weight excluding hydrogens is 280 g/mol. The standard InChI is InChI=1S/C13H20N2O4S/c1-3-4-10-15(2)20(18,19)14-12(13(16)17)11-8-6-5-7-9-11/h5-9,12,14H,3-4,10H2,1-2H3,(H,16,17)/t12-/m0/s1. The highest BCUT2D eigenvalue weighted by atomic mass is 32.2. The van der Waals surface area contributed by atoms with Crippen molar-refractivity contribution in [2.24, 2.45) is 0 Å². The summed E-state index contributed by atoms with van der Waals surface area (Å²) in [7, 11) is -2.39. The topological polar surface area (TPSA) is 86.7 Å². The zero-order valence-corrected chi connectivity index (χ0v) is 12.4. The van der Waals surface area contributed by atoms with Crippen molar-refractivity contribution >= 4 is 16.2 Å². The zero-order chi connectivity index (χ0) is 15.2. The molecule has 1 rings (SSSR count). The molecule has 0 saturated heterocycles. The molecule has 7 heteroatoms. The van der Waals surface area contributed by atoms with Crippen LogP contribution in [0.2, 0.25) is 0 Å². The van der Waals surface area contributed by atoms with Gasteiger partial charge < -0.3 is 5.11 Å². The Labute approximate surface area is 119 Å². The molecule has 0 fully saturated rings. The lowest BCUT2D eigenvalue weighted by atomic mass is 10.1. The fourth-order valence-electron chi connectivity index (χ4n) is 1.65. The molecule has 0 bridgehead atoms. The largest absolute Gasteiger partial charge is 0.480 e. The summed E-state index contributed by atoms with van der Waals surface area (Å²) in [5.74, 6) is -1.23. The van der Waals surface area contributed by atoms with E-state index in [0.29, 0.717) is 12.1 Å². The van der Waals surface area contributed by atoms with Gasteiger partial charge in [-0.3, -0.25) is 4.79 Å². The first-order valence-electron chi connectivity index (χ1n) is 6.40. The molecule has 2 N–H and O–H groups in total. The van der Waals surface area contributed by atoms with E-state index in [-0.39, 0.29) is 0 Å². The lowest BCUT2D eigenvalue weighted by Gasteiger charge is -2.21. The van der Waals surface area contributed by atoms with Gasteiger partial charge in [0, 0.05) is 13.6 Å². The van der Waals surface area contributed by atoms with Crippen LogP contribution in [0.4, 0.5) is 0 Å². The Hall–Kier alpha value is -1.44. The average molecular weight is 300 g/mol. The number of hydrogen-bond donors (Lipinski definition) is 2. The molecule has 0 aliphatic heterocycles. The van der Waals surface area contributed by atoms with Crippen LogP contribution in [-0.4, -0.2) is 37.4 Å². The molecule has 0 aromatic heterocycles. The van der Waals surface area contributed by atoms with E-state index >= 15 is 0 Å². The lowest BCUT2D eigenvalue weighted by Crippen LogP contribution is -2.42. The van der Waals surface area contributed by atoms with Gasteiger partial charge in [-0.15, -0.1) is 0 Å². The van der Waals surface area contributed by atoms with Crippen molar-refractivity contribution in [2.45, 2.75) is 25.8 Å². The molecule has 0 spiro atoms. The van der Waals surface area contributed by atoms with Gasteiger partial charge in [-0.05, 0) is 12.0 Å². The van der Waals surface area contributed by atoms with E-state index < -0.39 is 22.2 Å². The van der Waals surface area contributed by atoms with E-state index in [0.717, 1.165) is 17.1 Å². The first-order valence-corrected chi connectivity index (χ1v) is 7.84. The van der Waals surface area contributed by atoms with Crippen LogP contribution in [0.15, 0.2) is 30.3 Å². The Balaban J connectivity index is 2.88. The van der Waals surface area contributed by atoms with Gasteiger partial charge in [0.1, 0.15) is 6.04 Å². The monoisotopic (exact) mass is 300 g/mol. The summed E-state index contributed by atoms with van der Waals surface area (Å²) in [4.78, 5) is 11.3. The van der Waals surface area contributed by atoms with Crippen LogP contribution >= 0.6 is 0 Å². The minimum Gasteiger partial charge on any atom is -0.480 e. The molecule has 1 atom stereocenters. The van der Waals surface area contributed by atoms with Crippen molar-refractivity contribution in [1.29, 1.82) is 0 Å². The molecule has 0 aliphatic carbocycles. The summed E-state index contributed by atoms with van der Waals surface area (Å²) in [5, 5.41) is 9.20. The number of carboxylic acid groups (broad SMARTS) is 1. The van der Waals surface area contributed by atoms with Crippen molar-refractivity contribution in [3.63, 3.8) is 0 Å². The maximum atomic E-state index is 12.1. The second-order valence-corrected chi connectivity index (χ2v) is 6.29. The quantitative estimate of drug-likeness (QED) is 0.759. The van der Waals surface area contributed by atoms with E-state index in [4.69, 9.17) is 0 Å². The van der Waals surface area contributed by atoms with Gasteiger partial charge in [0.25, 0.3) is 10.2 Å². The van der Waals surface area contributed by atoms with Gasteiger partial charge in [0.05, 0.1) is 0 Å². The summed E-state index contributed by atoms with van der Waals surface area (Å²) < 4.78 is 27.5. The van der Waals surface area contributed by atoms with Gasteiger partial charge in [-0.2, -0.15) is 17.4 Å². The van der Waals surface area contributed by atoms with E-state index in [1.165, 1.54) is 7.05 Å². The number of carbonyl (C=O) groups is 1. The summed E-state index contributed by atoms with van der Waals surface area (Å²) in [6, 6.07) is 6.94. The van der Waals surface area contributed by atoms with E-state index in [9.17, 15) is 18.3 Å². The van der Waals surface area contributed by atoms with Crippen molar-refractivity contribution < 1.29 is 18.3 Å². The van der Waals surface area contributed by atoms with Crippen LogP contribution in [-0.2, 0) is 15.0 Å². The second-order valence-electron chi connectivity index (χ2n) is 4.48. The molecule has 0 radical (unpaired) electrons. The molecule has 6 nitrogen and oxygen atoms in total. The average Bonchev–Trinajstić information content (AvgIpc) is 2.42. The normalized spacial score (nSPS) is 13.3. The fourth-order valence-corrected chi connectivity index (χ4v) is 2.73. The third-order valence-corrected chi connectivity index (χ3v) is 4.42. The third-order valence-electron chi connectivity index (χ3n) is 2.88. The van der Waals surface area contributed by atoms with Crippen LogP contribution in [0.25, 0.3) is 0 Å². The summed E-state index contributed by atoms with van der Waals surface area (Å²) >= 11 is 0. The van der Waals surface area contributed by atoms with Crippen molar-refractivity contribution in [2.75, 3.05) is 13.6 Å². The Bertz CT molecular complexity index is 531. The molecular formula is C13H20N2O4S. The SMILES string of the molecule is CCCCN(C)S(=O)(=O)N[C@H](C(=O)O)c1ccccc1. The van der Waals surface area contributed by atoms with Gasteiger partial charge in [0.15, 0.2) is 0 Å². The van der Waals surface area contributed by atoms with Crippen molar-refractivity contribution in [3.05, 3.63) is 35.9 Å². The van der Waals surface area contributed by atoms with Crippen LogP contribution in [0.5, 0.6) is 0 Å². The van der Waals surface area contributed by atoms with Crippen molar-refractivity contribution in [1.82, 2.24) is 9.03 Å². The third kappa shape index (κ3) is 4.59. The molecule has 112 valence electrons. The zero-order valence-electron chi connectivity index (χ0n) is 11.6. The van der Waals surface area contributed by atoms with Gasteiger partial charge in [0.2, 0.25) is 0 Å². The first-order chi connectivity index (χ1) is 9.38. The summed E-state index contributed by atoms with van der Waals surface area (Å²) in [6.07, 6.45) is 1.58. The highest BCUT2D eigenvalue weighted by molar-refractivity contribution is 7.87. The number of benzene rings is 1. The lowest BCUT2D eigenvalue weighted by molar-refractivity contribution is -0.139. The fraction of sp³-hybridized carbons (Fsp3) is 0.462. The highest BCUT2D eigenvalue weighted by Gasteiger charge is 2.27. The molecule has 0 aliphatic rings. The molecule has 20 heavy (non-hydrogen) atoms. The van der Waals surface area contributed by atoms with Gasteiger partial charge in [-0.25, -0.2) is 0 Å². The van der Waals surface area contributed by atoms with Crippen molar-refractivity contribution in [3.8, 4) is 0 Å². The number of aliphatic carboxylic acids is 1. The second kappa shape index (κ2) is 7.37. The predicted molar refractivity (Wildman–Crippen MR) is 76.4 cm³/mol. The Morgan fingerprint density at radius 3 is 2.45 bits per heavy atom. The molecule has 0 saturated carbocycles. The molecule has 0 heterocycles. The minimum absolute atomic E-state index is 0.354. The van der Waals surface area contributed by atoms with E-state index in [2.05, 4.69) is 4.72 Å². The Morgan fingerprint density at radius 2 is 1.95 bits per heavy atom.